The van der Waals surface area contributed by atoms with Gasteiger partial charge in [0.25, 0.3) is 0 Å². The SMILES string of the molecule is Cc1cc(F)ccc1OCC(C)(O)C(=O)O. The standard InChI is InChI=1S/C11H13FO4/c1-7-5-8(12)3-4-9(7)16-6-11(2,15)10(13)14/h3-5,15H,6H2,1-2H3,(H,13,14). The van der Waals surface area contributed by atoms with Gasteiger partial charge in [0.2, 0.25) is 0 Å². The first-order valence-corrected chi connectivity index (χ1v) is 4.67. The number of rotatable bonds is 4. The van der Waals surface area contributed by atoms with Crippen molar-refractivity contribution >= 4 is 5.97 Å². The molecule has 0 aliphatic carbocycles. The summed E-state index contributed by atoms with van der Waals surface area (Å²) in [4.78, 5) is 10.6. The van der Waals surface area contributed by atoms with Crippen molar-refractivity contribution in [3.05, 3.63) is 29.6 Å². The third-order valence-corrected chi connectivity index (χ3v) is 2.11. The number of aryl methyl sites for hydroxylation is 1. The van der Waals surface area contributed by atoms with Crippen molar-refractivity contribution in [2.45, 2.75) is 19.4 Å². The third-order valence-electron chi connectivity index (χ3n) is 2.11. The molecule has 0 aliphatic heterocycles. The fourth-order valence-corrected chi connectivity index (χ4v) is 1.05. The van der Waals surface area contributed by atoms with Crippen LogP contribution in [-0.4, -0.2) is 28.4 Å². The smallest absolute Gasteiger partial charge is 0.339 e. The van der Waals surface area contributed by atoms with Gasteiger partial charge in [0, 0.05) is 0 Å². The van der Waals surface area contributed by atoms with Crippen LogP contribution in [0, 0.1) is 12.7 Å². The number of aliphatic carboxylic acids is 1. The number of hydrogen-bond acceptors (Lipinski definition) is 3. The Morgan fingerprint density at radius 2 is 2.19 bits per heavy atom. The number of carboxylic acids is 1. The second kappa shape index (κ2) is 4.49. The van der Waals surface area contributed by atoms with Crippen molar-refractivity contribution in [1.29, 1.82) is 0 Å². The van der Waals surface area contributed by atoms with E-state index in [1.807, 2.05) is 0 Å². The molecule has 1 unspecified atom stereocenters. The Morgan fingerprint density at radius 1 is 1.56 bits per heavy atom. The zero-order chi connectivity index (χ0) is 12.3. The van der Waals surface area contributed by atoms with E-state index in [0.29, 0.717) is 11.3 Å². The van der Waals surface area contributed by atoms with Gasteiger partial charge >= 0.3 is 5.97 Å². The lowest BCUT2D eigenvalue weighted by molar-refractivity contribution is -0.159. The lowest BCUT2D eigenvalue weighted by Crippen LogP contribution is -2.41. The molecule has 1 aromatic rings. The summed E-state index contributed by atoms with van der Waals surface area (Å²) in [6.07, 6.45) is 0. The fraction of sp³-hybridized carbons (Fsp3) is 0.364. The van der Waals surface area contributed by atoms with Crippen molar-refractivity contribution in [2.24, 2.45) is 0 Å². The van der Waals surface area contributed by atoms with Gasteiger partial charge < -0.3 is 14.9 Å². The van der Waals surface area contributed by atoms with Gasteiger partial charge in [0.15, 0.2) is 5.60 Å². The van der Waals surface area contributed by atoms with Crippen LogP contribution in [0.25, 0.3) is 0 Å². The summed E-state index contributed by atoms with van der Waals surface area (Å²) in [5.74, 6) is -1.41. The van der Waals surface area contributed by atoms with E-state index in [4.69, 9.17) is 9.84 Å². The van der Waals surface area contributed by atoms with Crippen molar-refractivity contribution in [1.82, 2.24) is 0 Å². The van der Waals surface area contributed by atoms with E-state index >= 15 is 0 Å². The first-order valence-electron chi connectivity index (χ1n) is 4.67. The Bertz CT molecular complexity index is 401. The van der Waals surface area contributed by atoms with Crippen molar-refractivity contribution in [2.75, 3.05) is 6.61 Å². The van der Waals surface area contributed by atoms with Gasteiger partial charge in [-0.05, 0) is 37.6 Å². The Labute approximate surface area is 92.3 Å². The first kappa shape index (κ1) is 12.4. The summed E-state index contributed by atoms with van der Waals surface area (Å²) >= 11 is 0. The van der Waals surface area contributed by atoms with Crippen LogP contribution in [0.4, 0.5) is 4.39 Å². The summed E-state index contributed by atoms with van der Waals surface area (Å²) in [7, 11) is 0. The average Bonchev–Trinajstić information content (AvgIpc) is 2.16. The zero-order valence-electron chi connectivity index (χ0n) is 9.03. The molecule has 2 N–H and O–H groups in total. The van der Waals surface area contributed by atoms with E-state index in [9.17, 15) is 14.3 Å². The predicted molar refractivity (Wildman–Crippen MR) is 54.9 cm³/mol. The molecule has 0 saturated heterocycles. The molecule has 0 fully saturated rings. The van der Waals surface area contributed by atoms with Crippen molar-refractivity contribution in [3.63, 3.8) is 0 Å². The number of hydrogen-bond donors (Lipinski definition) is 2. The minimum atomic E-state index is -1.96. The molecule has 0 heterocycles. The molecule has 5 heteroatoms. The number of halogens is 1. The van der Waals surface area contributed by atoms with E-state index in [-0.39, 0.29) is 0 Å². The lowest BCUT2D eigenvalue weighted by atomic mass is 10.1. The third kappa shape index (κ3) is 2.93. The van der Waals surface area contributed by atoms with Crippen LogP contribution in [0.5, 0.6) is 5.75 Å². The van der Waals surface area contributed by atoms with Crippen LogP contribution in [-0.2, 0) is 4.79 Å². The van der Waals surface area contributed by atoms with Crippen LogP contribution >= 0.6 is 0 Å². The highest BCUT2D eigenvalue weighted by Crippen LogP contribution is 2.19. The molecule has 1 aromatic carbocycles. The molecular formula is C11H13FO4. The largest absolute Gasteiger partial charge is 0.490 e. The molecule has 16 heavy (non-hydrogen) atoms. The second-order valence-electron chi connectivity index (χ2n) is 3.78. The van der Waals surface area contributed by atoms with Gasteiger partial charge in [-0.1, -0.05) is 0 Å². The number of carboxylic acid groups (broad SMARTS) is 1. The van der Waals surface area contributed by atoms with Gasteiger partial charge in [0.1, 0.15) is 18.2 Å². The van der Waals surface area contributed by atoms with Crippen molar-refractivity contribution < 1.29 is 24.1 Å². The zero-order valence-corrected chi connectivity index (χ0v) is 9.03. The van der Waals surface area contributed by atoms with Crippen molar-refractivity contribution in [3.8, 4) is 5.75 Å². The summed E-state index contributed by atoms with van der Waals surface area (Å²) in [6, 6.07) is 3.87. The van der Waals surface area contributed by atoms with Crippen LogP contribution in [0.3, 0.4) is 0 Å². The van der Waals surface area contributed by atoms with Gasteiger partial charge in [-0.2, -0.15) is 0 Å². The van der Waals surface area contributed by atoms with Gasteiger partial charge in [-0.15, -0.1) is 0 Å². The van der Waals surface area contributed by atoms with Gasteiger partial charge in [-0.25, -0.2) is 9.18 Å². The number of ether oxygens (including phenoxy) is 1. The number of aliphatic hydroxyl groups is 1. The highest BCUT2D eigenvalue weighted by molar-refractivity contribution is 5.76. The molecule has 4 nitrogen and oxygen atoms in total. The highest BCUT2D eigenvalue weighted by atomic mass is 19.1. The summed E-state index contributed by atoms with van der Waals surface area (Å²) in [6.45, 7) is 2.37. The topological polar surface area (TPSA) is 66.8 Å². The lowest BCUT2D eigenvalue weighted by Gasteiger charge is -2.19. The molecule has 0 aromatic heterocycles. The highest BCUT2D eigenvalue weighted by Gasteiger charge is 2.31. The van der Waals surface area contributed by atoms with E-state index in [0.717, 1.165) is 6.92 Å². The Morgan fingerprint density at radius 3 is 2.69 bits per heavy atom. The van der Waals surface area contributed by atoms with E-state index < -0.39 is 24.0 Å². The quantitative estimate of drug-likeness (QED) is 0.816. The maximum Gasteiger partial charge on any atom is 0.339 e. The average molecular weight is 228 g/mol. The molecule has 0 saturated carbocycles. The molecule has 0 radical (unpaired) electrons. The molecule has 0 spiro atoms. The summed E-state index contributed by atoms with van der Waals surface area (Å²) < 4.78 is 17.9. The minimum absolute atomic E-state index is 0.350. The molecule has 0 aliphatic rings. The molecule has 88 valence electrons. The normalized spacial score (nSPS) is 14.2. The molecule has 0 amide bonds. The summed E-state index contributed by atoms with van der Waals surface area (Å²) in [5.41, 5.74) is -1.41. The van der Waals surface area contributed by atoms with Gasteiger partial charge in [0.05, 0.1) is 0 Å². The molecule has 1 atom stereocenters. The number of benzene rings is 1. The van der Waals surface area contributed by atoms with E-state index in [1.165, 1.54) is 18.2 Å². The van der Waals surface area contributed by atoms with Crippen LogP contribution in [0.15, 0.2) is 18.2 Å². The maximum absolute atomic E-state index is 12.8. The number of carbonyl (C=O) groups is 1. The summed E-state index contributed by atoms with van der Waals surface area (Å²) in [5, 5.41) is 18.0. The van der Waals surface area contributed by atoms with Gasteiger partial charge in [-0.3, -0.25) is 0 Å². The van der Waals surface area contributed by atoms with Crippen LogP contribution < -0.4 is 4.74 Å². The molecule has 1 rings (SSSR count). The van der Waals surface area contributed by atoms with E-state index in [2.05, 4.69) is 0 Å². The monoisotopic (exact) mass is 228 g/mol. The predicted octanol–water partition coefficient (Wildman–Crippen LogP) is 1.35. The Hall–Kier alpha value is -1.62. The first-order chi connectivity index (χ1) is 7.33. The fourth-order valence-electron chi connectivity index (χ4n) is 1.05. The van der Waals surface area contributed by atoms with Crippen LogP contribution in [0.2, 0.25) is 0 Å². The molecular weight excluding hydrogens is 215 g/mol. The maximum atomic E-state index is 12.8. The van der Waals surface area contributed by atoms with Crippen LogP contribution in [0.1, 0.15) is 12.5 Å². The minimum Gasteiger partial charge on any atom is -0.490 e. The molecule has 0 bridgehead atoms. The van der Waals surface area contributed by atoms with E-state index in [1.54, 1.807) is 6.92 Å². The Kier molecular flexibility index (Phi) is 3.49. The Balaban J connectivity index is 2.72. The second-order valence-corrected chi connectivity index (χ2v) is 3.78.